The van der Waals surface area contributed by atoms with E-state index in [0.717, 1.165) is 55.6 Å². The SMILES string of the molecule is CC(C)N1CC2(CCN(CCc3ccccc3O[C@@H](CCN(C)C(=O)OCC[Si](C)(C)C)c3cccs3)CC2)O[C@H](C)C1=O. The summed E-state index contributed by atoms with van der Waals surface area (Å²) in [5, 5.41) is 2.07. The minimum absolute atomic E-state index is 0.106. The number of rotatable bonds is 13. The highest BCUT2D eigenvalue weighted by Crippen LogP contribution is 2.35. The van der Waals surface area contributed by atoms with Gasteiger partial charge in [0.15, 0.2) is 0 Å². The maximum absolute atomic E-state index is 12.6. The van der Waals surface area contributed by atoms with Crippen molar-refractivity contribution in [2.24, 2.45) is 0 Å². The molecular weight excluding hydrogens is 591 g/mol. The molecule has 2 saturated heterocycles. The predicted molar refractivity (Wildman–Crippen MR) is 180 cm³/mol. The van der Waals surface area contributed by atoms with Crippen LogP contribution >= 0.6 is 11.3 Å². The number of likely N-dealkylation sites (tertiary alicyclic amines) is 1. The number of ether oxygens (including phenoxy) is 3. The number of nitrogens with zero attached hydrogens (tertiary/aromatic N) is 3. The molecule has 0 unspecified atom stereocenters. The zero-order valence-corrected chi connectivity index (χ0v) is 29.7. The number of thiophene rings is 1. The molecule has 3 heterocycles. The molecule has 2 aromatic rings. The van der Waals surface area contributed by atoms with Gasteiger partial charge in [-0.25, -0.2) is 4.79 Å². The molecule has 4 rings (SSSR count). The number of carbonyl (C=O) groups is 2. The number of morpholine rings is 1. The average Bonchev–Trinajstić information content (AvgIpc) is 3.51. The number of para-hydroxylation sites is 1. The van der Waals surface area contributed by atoms with Crippen molar-refractivity contribution in [3.63, 3.8) is 0 Å². The lowest BCUT2D eigenvalue weighted by atomic mass is 9.87. The quantitative estimate of drug-likeness (QED) is 0.226. The summed E-state index contributed by atoms with van der Waals surface area (Å²) < 4.78 is 18.6. The first kappa shape index (κ1) is 34.5. The lowest BCUT2D eigenvalue weighted by molar-refractivity contribution is -0.192. The average molecular weight is 644 g/mol. The van der Waals surface area contributed by atoms with Gasteiger partial charge in [0.25, 0.3) is 5.91 Å². The van der Waals surface area contributed by atoms with Crippen LogP contribution in [0.25, 0.3) is 0 Å². The van der Waals surface area contributed by atoms with E-state index in [1.54, 1.807) is 23.3 Å². The van der Waals surface area contributed by atoms with E-state index in [2.05, 4.69) is 68.0 Å². The van der Waals surface area contributed by atoms with Crippen LogP contribution < -0.4 is 4.74 Å². The van der Waals surface area contributed by atoms with Crippen LogP contribution in [-0.2, 0) is 20.7 Å². The Kier molecular flexibility index (Phi) is 12.0. The molecule has 0 bridgehead atoms. The normalized spacial score (nSPS) is 19.8. The van der Waals surface area contributed by atoms with Gasteiger partial charge in [-0.15, -0.1) is 11.3 Å². The fourth-order valence-corrected chi connectivity index (χ4v) is 7.43. The van der Waals surface area contributed by atoms with Crippen molar-refractivity contribution in [3.05, 3.63) is 52.2 Å². The van der Waals surface area contributed by atoms with Gasteiger partial charge in [-0.2, -0.15) is 0 Å². The Morgan fingerprint density at radius 1 is 1.16 bits per heavy atom. The first-order valence-corrected chi connectivity index (χ1v) is 20.8. The van der Waals surface area contributed by atoms with Gasteiger partial charge in [-0.3, -0.25) is 4.79 Å². The highest BCUT2D eigenvalue weighted by molar-refractivity contribution is 7.10. The molecule has 8 nitrogen and oxygen atoms in total. The maximum atomic E-state index is 12.6. The molecule has 2 aliphatic heterocycles. The molecule has 0 aliphatic carbocycles. The van der Waals surface area contributed by atoms with Crippen molar-refractivity contribution in [1.82, 2.24) is 14.7 Å². The van der Waals surface area contributed by atoms with Gasteiger partial charge in [0.05, 0.1) is 18.8 Å². The first-order valence-electron chi connectivity index (χ1n) is 16.2. The number of carbonyl (C=O) groups excluding carboxylic acids is 2. The summed E-state index contributed by atoms with van der Waals surface area (Å²) in [4.78, 5) is 32.5. The van der Waals surface area contributed by atoms with Crippen LogP contribution in [0.1, 0.15) is 56.6 Å². The Morgan fingerprint density at radius 2 is 1.89 bits per heavy atom. The van der Waals surface area contributed by atoms with Crippen LogP contribution in [0.3, 0.4) is 0 Å². The van der Waals surface area contributed by atoms with Gasteiger partial charge >= 0.3 is 6.09 Å². The summed E-state index contributed by atoms with van der Waals surface area (Å²) in [6, 6.07) is 13.6. The predicted octanol–water partition coefficient (Wildman–Crippen LogP) is 6.70. The second-order valence-electron chi connectivity index (χ2n) is 14.0. The Morgan fingerprint density at radius 3 is 2.55 bits per heavy atom. The number of hydrogen-bond donors (Lipinski definition) is 0. The Bertz CT molecular complexity index is 1210. The largest absolute Gasteiger partial charge is 0.485 e. The van der Waals surface area contributed by atoms with Crippen molar-refractivity contribution >= 4 is 31.4 Å². The van der Waals surface area contributed by atoms with E-state index in [1.807, 2.05) is 24.0 Å². The molecule has 2 atom stereocenters. The monoisotopic (exact) mass is 643 g/mol. The number of hydrogen-bond acceptors (Lipinski definition) is 7. The third-order valence-corrected chi connectivity index (χ3v) is 11.5. The molecule has 1 aromatic carbocycles. The second-order valence-corrected chi connectivity index (χ2v) is 20.6. The van der Waals surface area contributed by atoms with Crippen LogP contribution in [0.15, 0.2) is 41.8 Å². The first-order chi connectivity index (χ1) is 20.9. The lowest BCUT2D eigenvalue weighted by Gasteiger charge is -2.50. The minimum Gasteiger partial charge on any atom is -0.485 e. The maximum Gasteiger partial charge on any atom is 0.409 e. The summed E-state index contributed by atoms with van der Waals surface area (Å²) >= 11 is 1.68. The van der Waals surface area contributed by atoms with E-state index in [4.69, 9.17) is 14.2 Å². The van der Waals surface area contributed by atoms with Gasteiger partial charge in [0.2, 0.25) is 0 Å². The van der Waals surface area contributed by atoms with E-state index in [9.17, 15) is 9.59 Å². The number of benzene rings is 1. The van der Waals surface area contributed by atoms with Crippen molar-refractivity contribution in [1.29, 1.82) is 0 Å². The molecule has 10 heteroatoms. The summed E-state index contributed by atoms with van der Waals surface area (Å²) in [6.45, 7) is 17.5. The van der Waals surface area contributed by atoms with Crippen LogP contribution in [0.4, 0.5) is 4.79 Å². The highest BCUT2D eigenvalue weighted by atomic mass is 32.1. The molecule has 0 radical (unpaired) electrons. The van der Waals surface area contributed by atoms with E-state index in [-0.39, 0.29) is 35.9 Å². The molecule has 44 heavy (non-hydrogen) atoms. The van der Waals surface area contributed by atoms with E-state index in [1.165, 1.54) is 5.56 Å². The molecule has 2 fully saturated rings. The van der Waals surface area contributed by atoms with Gasteiger partial charge in [-0.05, 0) is 69.2 Å². The molecular formula is C34H53N3O5SSi. The molecule has 2 aliphatic rings. The Labute approximate surface area is 269 Å². The molecule has 244 valence electrons. The minimum atomic E-state index is -1.26. The fourth-order valence-electron chi connectivity index (χ4n) is 5.93. The molecule has 2 amide bonds. The zero-order valence-electron chi connectivity index (χ0n) is 27.8. The van der Waals surface area contributed by atoms with Crippen LogP contribution in [-0.4, -0.2) is 98.9 Å². The summed E-state index contributed by atoms with van der Waals surface area (Å²) in [5.74, 6) is 1.00. The van der Waals surface area contributed by atoms with Crippen LogP contribution in [0.2, 0.25) is 25.7 Å². The van der Waals surface area contributed by atoms with E-state index < -0.39 is 8.07 Å². The number of piperidine rings is 1. The van der Waals surface area contributed by atoms with Crippen molar-refractivity contribution in [2.75, 3.05) is 46.4 Å². The van der Waals surface area contributed by atoms with E-state index >= 15 is 0 Å². The summed E-state index contributed by atoms with van der Waals surface area (Å²) in [5.41, 5.74) is 0.948. The number of amides is 2. The van der Waals surface area contributed by atoms with E-state index in [0.29, 0.717) is 26.1 Å². The molecule has 0 N–H and O–H groups in total. The highest BCUT2D eigenvalue weighted by Gasteiger charge is 2.45. The third-order valence-electron chi connectivity index (χ3n) is 8.82. The van der Waals surface area contributed by atoms with Crippen molar-refractivity contribution in [2.45, 2.75) is 96.0 Å². The van der Waals surface area contributed by atoms with Gasteiger partial charge in [0.1, 0.15) is 18.0 Å². The Balaban J connectivity index is 1.32. The third kappa shape index (κ3) is 9.55. The fraction of sp³-hybridized carbons (Fsp3) is 0.647. The van der Waals surface area contributed by atoms with Crippen molar-refractivity contribution in [3.8, 4) is 5.75 Å². The lowest BCUT2D eigenvalue weighted by Crippen LogP contribution is -2.62. The second kappa shape index (κ2) is 15.3. The van der Waals surface area contributed by atoms with Gasteiger partial charge in [0, 0.05) is 58.6 Å². The molecule has 0 saturated carbocycles. The standard InChI is InChI=1S/C34H53N3O5SSi/c1-26(2)37-25-34(42-27(3)32(37)38)16-20-36(21-17-34)19-14-28-11-8-9-12-29(28)41-30(31-13-10-23-43-31)15-18-35(4)33(39)40-22-24-44(5,6)7/h8-13,23,26-27,30H,14-22,24-25H2,1-7H3/t27-,30+/m1/s1. The topological polar surface area (TPSA) is 71.6 Å². The smallest absolute Gasteiger partial charge is 0.409 e. The van der Waals surface area contributed by atoms with Gasteiger partial charge in [-0.1, -0.05) is 43.9 Å². The zero-order chi connectivity index (χ0) is 31.9. The summed E-state index contributed by atoms with van der Waals surface area (Å²) in [7, 11) is 0.547. The Hall–Kier alpha value is -2.40. The molecule has 1 aromatic heterocycles. The molecule has 1 spiro atoms. The summed E-state index contributed by atoms with van der Waals surface area (Å²) in [6.07, 6.45) is 2.63. The van der Waals surface area contributed by atoms with Crippen LogP contribution in [0, 0.1) is 0 Å². The van der Waals surface area contributed by atoms with Gasteiger partial charge < -0.3 is 28.9 Å². The van der Waals surface area contributed by atoms with Crippen LogP contribution in [0.5, 0.6) is 5.75 Å². The van der Waals surface area contributed by atoms with Crippen molar-refractivity contribution < 1.29 is 23.8 Å².